The lowest BCUT2D eigenvalue weighted by atomic mass is 9.62. The van der Waals surface area contributed by atoms with E-state index in [1.54, 1.807) is 0 Å². The highest BCUT2D eigenvalue weighted by Gasteiger charge is 2.73. The molecule has 2 saturated carbocycles. The first-order valence-electron chi connectivity index (χ1n) is 8.89. The van der Waals surface area contributed by atoms with Crippen molar-refractivity contribution in [3.05, 3.63) is 0 Å². The van der Waals surface area contributed by atoms with Crippen LogP contribution in [0.1, 0.15) is 53.4 Å². The molecule has 0 radical (unpaired) electrons. The predicted octanol–water partition coefficient (Wildman–Crippen LogP) is 4.37. The summed E-state index contributed by atoms with van der Waals surface area (Å²) in [6.07, 6.45) is 2.56. The van der Waals surface area contributed by atoms with Crippen molar-refractivity contribution in [1.82, 2.24) is 0 Å². The van der Waals surface area contributed by atoms with Gasteiger partial charge in [0.25, 0.3) is 0 Å². The SMILES string of the molecule is CC[C@H](O)C(Cl)C(=O)[C@@]1(O[Si](C)(C)C)C[C@H]2CC[C@]1(C)C2(C)C. The van der Waals surface area contributed by atoms with E-state index in [1.165, 1.54) is 0 Å². The van der Waals surface area contributed by atoms with Crippen molar-refractivity contribution >= 4 is 25.7 Å². The van der Waals surface area contributed by atoms with Gasteiger partial charge in [-0.2, -0.15) is 0 Å². The zero-order chi connectivity index (χ0) is 17.8. The third-order valence-corrected chi connectivity index (χ3v) is 8.20. The molecule has 0 aromatic heterocycles. The van der Waals surface area contributed by atoms with Crippen LogP contribution in [-0.4, -0.2) is 36.3 Å². The lowest BCUT2D eigenvalue weighted by Crippen LogP contribution is -2.61. The second-order valence-corrected chi connectivity index (χ2v) is 14.2. The summed E-state index contributed by atoms with van der Waals surface area (Å²) in [6, 6.07) is 0. The van der Waals surface area contributed by atoms with Crippen LogP contribution in [0.15, 0.2) is 0 Å². The van der Waals surface area contributed by atoms with Crippen LogP contribution < -0.4 is 0 Å². The van der Waals surface area contributed by atoms with Crippen LogP contribution in [0.3, 0.4) is 0 Å². The molecule has 2 rings (SSSR count). The summed E-state index contributed by atoms with van der Waals surface area (Å²) < 4.78 is 6.63. The molecule has 2 aliphatic rings. The maximum Gasteiger partial charge on any atom is 0.185 e. The number of carbonyl (C=O) groups excluding carboxylic acids is 1. The highest BCUT2D eigenvalue weighted by atomic mass is 35.5. The minimum Gasteiger partial charge on any atom is -0.404 e. The minimum absolute atomic E-state index is 0.0517. The van der Waals surface area contributed by atoms with Crippen LogP contribution in [0, 0.1) is 16.7 Å². The van der Waals surface area contributed by atoms with Gasteiger partial charge in [0.05, 0.1) is 6.10 Å². The number of fused-ring (bicyclic) bond motifs is 2. The van der Waals surface area contributed by atoms with Gasteiger partial charge < -0.3 is 9.53 Å². The predicted molar refractivity (Wildman–Crippen MR) is 97.3 cm³/mol. The molecule has 3 nitrogen and oxygen atoms in total. The van der Waals surface area contributed by atoms with Gasteiger partial charge in [0.2, 0.25) is 0 Å². The summed E-state index contributed by atoms with van der Waals surface area (Å²) in [4.78, 5) is 13.4. The fourth-order valence-electron chi connectivity index (χ4n) is 4.95. The van der Waals surface area contributed by atoms with Gasteiger partial charge in [-0.05, 0) is 56.7 Å². The van der Waals surface area contributed by atoms with E-state index < -0.39 is 25.4 Å². The Hall–Kier alpha value is 0.0969. The average molecular weight is 361 g/mol. The maximum atomic E-state index is 13.4. The number of aliphatic hydroxyl groups excluding tert-OH is 1. The molecular weight excluding hydrogens is 328 g/mol. The molecule has 0 saturated heterocycles. The number of hydrogen-bond acceptors (Lipinski definition) is 3. The lowest BCUT2D eigenvalue weighted by molar-refractivity contribution is -0.153. The van der Waals surface area contributed by atoms with Crippen LogP contribution in [0.2, 0.25) is 19.6 Å². The van der Waals surface area contributed by atoms with Gasteiger partial charge >= 0.3 is 0 Å². The third kappa shape index (κ3) is 2.74. The number of carbonyl (C=O) groups is 1. The average Bonchev–Trinajstić information content (AvgIpc) is 2.75. The van der Waals surface area contributed by atoms with Gasteiger partial charge in [-0.15, -0.1) is 11.6 Å². The topological polar surface area (TPSA) is 46.5 Å². The standard InChI is InChI=1S/C18H33ClO3Si/c1-8-13(20)14(19)15(21)18(22-23(5,6)7)11-12-9-10-17(18,4)16(12,2)3/h12-14,20H,8-11H2,1-7H3/t12-,13+,14?,17-,18+/m1/s1. The lowest BCUT2D eigenvalue weighted by Gasteiger charge is -2.50. The molecule has 0 aromatic carbocycles. The largest absolute Gasteiger partial charge is 0.404 e. The van der Waals surface area contributed by atoms with E-state index in [0.29, 0.717) is 12.3 Å². The molecule has 5 heteroatoms. The van der Waals surface area contributed by atoms with Crippen molar-refractivity contribution in [3.63, 3.8) is 0 Å². The van der Waals surface area contributed by atoms with Gasteiger partial charge in [0.1, 0.15) is 11.0 Å². The van der Waals surface area contributed by atoms with Gasteiger partial charge in [0.15, 0.2) is 14.1 Å². The highest BCUT2D eigenvalue weighted by Crippen LogP contribution is 2.71. The Morgan fingerprint density at radius 1 is 1.35 bits per heavy atom. The number of hydrogen-bond donors (Lipinski definition) is 1. The number of ketones is 1. The summed E-state index contributed by atoms with van der Waals surface area (Å²) in [6.45, 7) is 15.0. The molecule has 1 N–H and O–H groups in total. The number of aliphatic hydroxyl groups is 1. The number of Topliss-reactive ketones (excluding diaryl/α,β-unsaturated/α-hetero) is 1. The number of alkyl halides is 1. The minimum atomic E-state index is -1.96. The molecule has 134 valence electrons. The van der Waals surface area contributed by atoms with Gasteiger partial charge in [-0.25, -0.2) is 0 Å². The molecule has 5 atom stereocenters. The fraction of sp³-hybridized carbons (Fsp3) is 0.944. The fourth-order valence-corrected chi connectivity index (χ4v) is 6.76. The molecule has 2 aliphatic carbocycles. The molecule has 0 aromatic rings. The first-order valence-corrected chi connectivity index (χ1v) is 12.7. The number of halogens is 1. The summed E-state index contributed by atoms with van der Waals surface area (Å²) in [5, 5.41) is 9.27. The van der Waals surface area contributed by atoms with Crippen LogP contribution in [-0.2, 0) is 9.22 Å². The Balaban J connectivity index is 2.50. The Morgan fingerprint density at radius 2 is 1.91 bits per heavy atom. The Kier molecular flexibility index (Phi) is 4.92. The van der Waals surface area contributed by atoms with Crippen molar-refractivity contribution in [1.29, 1.82) is 0 Å². The smallest absolute Gasteiger partial charge is 0.185 e. The zero-order valence-electron chi connectivity index (χ0n) is 15.7. The van der Waals surface area contributed by atoms with E-state index in [2.05, 4.69) is 40.4 Å². The molecule has 1 unspecified atom stereocenters. The van der Waals surface area contributed by atoms with Crippen LogP contribution in [0.25, 0.3) is 0 Å². The second-order valence-electron chi connectivity index (χ2n) is 9.28. The van der Waals surface area contributed by atoms with E-state index in [9.17, 15) is 9.90 Å². The number of rotatable bonds is 6. The van der Waals surface area contributed by atoms with Crippen LogP contribution in [0.5, 0.6) is 0 Å². The summed E-state index contributed by atoms with van der Waals surface area (Å²) in [7, 11) is -1.96. The molecule has 0 amide bonds. The molecule has 0 spiro atoms. The summed E-state index contributed by atoms with van der Waals surface area (Å²) in [5.74, 6) is 0.393. The first kappa shape index (κ1) is 19.4. The third-order valence-electron chi connectivity index (χ3n) is 6.75. The monoisotopic (exact) mass is 360 g/mol. The van der Waals surface area contributed by atoms with Crippen molar-refractivity contribution in [2.45, 2.75) is 90.1 Å². The summed E-state index contributed by atoms with van der Waals surface area (Å²) in [5.41, 5.74) is -1.01. The molecule has 2 fully saturated rings. The zero-order valence-corrected chi connectivity index (χ0v) is 17.5. The highest BCUT2D eigenvalue weighted by molar-refractivity contribution is 6.70. The van der Waals surface area contributed by atoms with Crippen molar-refractivity contribution in [2.75, 3.05) is 0 Å². The second kappa shape index (κ2) is 5.82. The van der Waals surface area contributed by atoms with Crippen molar-refractivity contribution in [3.8, 4) is 0 Å². The first-order chi connectivity index (χ1) is 10.3. The molecular formula is C18H33ClO3Si. The van der Waals surface area contributed by atoms with Gasteiger partial charge in [-0.3, -0.25) is 4.79 Å². The molecule has 2 bridgehead atoms. The Labute approximate surface area is 147 Å². The van der Waals surface area contributed by atoms with Crippen molar-refractivity contribution < 1.29 is 14.3 Å². The van der Waals surface area contributed by atoms with Gasteiger partial charge in [-0.1, -0.05) is 27.7 Å². The van der Waals surface area contributed by atoms with Gasteiger partial charge in [0, 0.05) is 5.41 Å². The quantitative estimate of drug-likeness (QED) is 0.565. The molecule has 23 heavy (non-hydrogen) atoms. The van der Waals surface area contributed by atoms with E-state index in [4.69, 9.17) is 16.0 Å². The van der Waals surface area contributed by atoms with Crippen molar-refractivity contribution in [2.24, 2.45) is 16.7 Å². The molecule has 0 aliphatic heterocycles. The Morgan fingerprint density at radius 3 is 2.26 bits per heavy atom. The van der Waals surface area contributed by atoms with E-state index in [0.717, 1.165) is 19.3 Å². The maximum absolute atomic E-state index is 13.4. The normalized spacial score (nSPS) is 38.6. The van der Waals surface area contributed by atoms with E-state index in [1.807, 2.05) is 6.92 Å². The molecule has 0 heterocycles. The van der Waals surface area contributed by atoms with Crippen LogP contribution >= 0.6 is 11.6 Å². The summed E-state index contributed by atoms with van der Waals surface area (Å²) >= 11 is 6.41. The van der Waals surface area contributed by atoms with E-state index >= 15 is 0 Å². The van der Waals surface area contributed by atoms with Crippen LogP contribution in [0.4, 0.5) is 0 Å². The Bertz CT molecular complexity index is 487. The van der Waals surface area contributed by atoms with E-state index in [-0.39, 0.29) is 16.6 Å².